The molecule has 6 heteroatoms. The number of amides is 2. The third-order valence-corrected chi connectivity index (χ3v) is 4.35. The summed E-state index contributed by atoms with van der Waals surface area (Å²) >= 11 is 1.32. The van der Waals surface area contributed by atoms with E-state index in [-0.39, 0.29) is 17.2 Å². The predicted molar refractivity (Wildman–Crippen MR) is 79.5 cm³/mol. The van der Waals surface area contributed by atoms with E-state index in [1.54, 1.807) is 18.2 Å². The zero-order valence-corrected chi connectivity index (χ0v) is 12.2. The van der Waals surface area contributed by atoms with Gasteiger partial charge in [-0.15, -0.1) is 0 Å². The van der Waals surface area contributed by atoms with Crippen LogP contribution in [0.3, 0.4) is 0 Å². The van der Waals surface area contributed by atoms with Gasteiger partial charge in [0.25, 0.3) is 0 Å². The smallest absolute Gasteiger partial charge is 0.236 e. The number of imide groups is 1. The van der Waals surface area contributed by atoms with Crippen molar-refractivity contribution in [1.29, 1.82) is 0 Å². The minimum absolute atomic E-state index is 0.182. The lowest BCUT2D eigenvalue weighted by Crippen LogP contribution is -2.46. The highest BCUT2D eigenvalue weighted by Gasteiger charge is 2.39. The number of benzene rings is 1. The second-order valence-electron chi connectivity index (χ2n) is 5.86. The fourth-order valence-electron chi connectivity index (χ4n) is 2.42. The number of carbonyl (C=O) groups is 2. The van der Waals surface area contributed by atoms with Crippen LogP contribution in [0.5, 0.6) is 0 Å². The fourth-order valence-corrected chi connectivity index (χ4v) is 3.47. The van der Waals surface area contributed by atoms with E-state index >= 15 is 0 Å². The van der Waals surface area contributed by atoms with Gasteiger partial charge in [0, 0.05) is 18.5 Å². The summed E-state index contributed by atoms with van der Waals surface area (Å²) in [6.45, 7) is 3.86. The Morgan fingerprint density at radius 1 is 1.25 bits per heavy atom. The number of aromatic nitrogens is 1. The second kappa shape index (κ2) is 4.28. The molecule has 0 unspecified atom stereocenters. The molecular weight excluding hydrogens is 274 g/mol. The average Bonchev–Trinajstić information content (AvgIpc) is 2.68. The monoisotopic (exact) mass is 289 g/mol. The number of carbonyl (C=O) groups excluding carboxylic acids is 2. The zero-order chi connectivity index (χ0) is 14.5. The minimum Gasteiger partial charge on any atom is -0.399 e. The Labute approximate surface area is 120 Å². The number of piperidine rings is 1. The SMILES string of the molecule is CC1(C)CC(=O)N(c2nc3ccc(N)cc3s2)C(=O)C1. The lowest BCUT2D eigenvalue weighted by atomic mass is 9.82. The van der Waals surface area contributed by atoms with E-state index < -0.39 is 0 Å². The van der Waals surface area contributed by atoms with Crippen molar-refractivity contribution in [3.8, 4) is 0 Å². The third kappa shape index (κ3) is 2.16. The van der Waals surface area contributed by atoms with E-state index in [0.29, 0.717) is 23.7 Å². The molecule has 1 fully saturated rings. The first-order chi connectivity index (χ1) is 9.35. The molecule has 1 aliphatic rings. The summed E-state index contributed by atoms with van der Waals surface area (Å²) in [5.41, 5.74) is 6.86. The van der Waals surface area contributed by atoms with Crippen LogP contribution in [0, 0.1) is 5.41 Å². The Balaban J connectivity index is 2.02. The number of hydrogen-bond acceptors (Lipinski definition) is 5. The molecule has 2 heterocycles. The second-order valence-corrected chi connectivity index (χ2v) is 6.87. The van der Waals surface area contributed by atoms with Crippen molar-refractivity contribution in [1.82, 2.24) is 4.98 Å². The van der Waals surface area contributed by atoms with Gasteiger partial charge in [0.2, 0.25) is 11.8 Å². The Morgan fingerprint density at radius 3 is 2.55 bits per heavy atom. The van der Waals surface area contributed by atoms with Crippen LogP contribution in [0.2, 0.25) is 0 Å². The molecule has 1 aromatic heterocycles. The summed E-state index contributed by atoms with van der Waals surface area (Å²) in [6.07, 6.45) is 0.716. The van der Waals surface area contributed by atoms with Crippen molar-refractivity contribution < 1.29 is 9.59 Å². The predicted octanol–water partition coefficient (Wildman–Crippen LogP) is 2.56. The van der Waals surface area contributed by atoms with Gasteiger partial charge in [0.15, 0.2) is 5.13 Å². The molecule has 2 amide bonds. The molecule has 0 saturated carbocycles. The maximum Gasteiger partial charge on any atom is 0.236 e. The first-order valence-corrected chi connectivity index (χ1v) is 7.19. The van der Waals surface area contributed by atoms with Crippen molar-refractivity contribution >= 4 is 44.2 Å². The number of fused-ring (bicyclic) bond motifs is 1. The third-order valence-electron chi connectivity index (χ3n) is 3.35. The summed E-state index contributed by atoms with van der Waals surface area (Å²) in [5.74, 6) is -0.364. The van der Waals surface area contributed by atoms with E-state index in [1.807, 2.05) is 13.8 Å². The number of nitrogens with zero attached hydrogens (tertiary/aromatic N) is 2. The molecule has 0 atom stereocenters. The van der Waals surface area contributed by atoms with Crippen LogP contribution in [0.15, 0.2) is 18.2 Å². The Bertz CT molecular complexity index is 700. The Kier molecular flexibility index (Phi) is 2.79. The largest absolute Gasteiger partial charge is 0.399 e. The number of nitrogens with two attached hydrogens (primary N) is 1. The number of hydrogen-bond donors (Lipinski definition) is 1. The molecule has 1 aliphatic heterocycles. The van der Waals surface area contributed by atoms with Gasteiger partial charge in [0.05, 0.1) is 10.2 Å². The van der Waals surface area contributed by atoms with Gasteiger partial charge >= 0.3 is 0 Å². The maximum absolute atomic E-state index is 12.2. The van der Waals surface area contributed by atoms with Gasteiger partial charge in [-0.05, 0) is 23.6 Å². The van der Waals surface area contributed by atoms with Crippen LogP contribution < -0.4 is 10.6 Å². The fraction of sp³-hybridized carbons (Fsp3) is 0.357. The van der Waals surface area contributed by atoms with Gasteiger partial charge in [-0.2, -0.15) is 0 Å². The topological polar surface area (TPSA) is 76.3 Å². The molecule has 3 rings (SSSR count). The van der Waals surface area contributed by atoms with Crippen LogP contribution in [-0.4, -0.2) is 16.8 Å². The summed E-state index contributed by atoms with van der Waals surface area (Å²) < 4.78 is 0.880. The van der Waals surface area contributed by atoms with Crippen molar-refractivity contribution in [3.63, 3.8) is 0 Å². The molecule has 1 aromatic carbocycles. The molecular formula is C14H15N3O2S. The van der Waals surface area contributed by atoms with E-state index in [4.69, 9.17) is 5.73 Å². The molecule has 104 valence electrons. The molecule has 1 saturated heterocycles. The minimum atomic E-state index is -0.272. The lowest BCUT2D eigenvalue weighted by molar-refractivity contribution is -0.132. The summed E-state index contributed by atoms with van der Waals surface area (Å²) in [5, 5.41) is 0.441. The van der Waals surface area contributed by atoms with E-state index in [0.717, 1.165) is 10.2 Å². The number of rotatable bonds is 1. The van der Waals surface area contributed by atoms with E-state index in [9.17, 15) is 9.59 Å². The van der Waals surface area contributed by atoms with E-state index in [2.05, 4.69) is 4.98 Å². The van der Waals surface area contributed by atoms with Gasteiger partial charge < -0.3 is 5.73 Å². The Morgan fingerprint density at radius 2 is 1.90 bits per heavy atom. The van der Waals surface area contributed by atoms with Crippen LogP contribution in [0.1, 0.15) is 26.7 Å². The summed E-state index contributed by atoms with van der Waals surface area (Å²) in [6, 6.07) is 5.36. The van der Waals surface area contributed by atoms with Gasteiger partial charge in [-0.25, -0.2) is 9.88 Å². The molecule has 5 nitrogen and oxygen atoms in total. The van der Waals surface area contributed by atoms with Crippen LogP contribution in [0.4, 0.5) is 10.8 Å². The van der Waals surface area contributed by atoms with E-state index in [1.165, 1.54) is 16.2 Å². The van der Waals surface area contributed by atoms with Crippen molar-refractivity contribution in [2.45, 2.75) is 26.7 Å². The zero-order valence-electron chi connectivity index (χ0n) is 11.3. The summed E-state index contributed by atoms with van der Waals surface area (Å²) in [7, 11) is 0. The van der Waals surface area contributed by atoms with Crippen LogP contribution in [-0.2, 0) is 9.59 Å². The standard InChI is InChI=1S/C14H15N3O2S/c1-14(2)6-11(18)17(12(19)7-14)13-16-9-4-3-8(15)5-10(9)20-13/h3-5H,6-7,15H2,1-2H3. The Hall–Kier alpha value is -1.95. The van der Waals surface area contributed by atoms with Crippen LogP contribution in [0.25, 0.3) is 10.2 Å². The highest BCUT2D eigenvalue weighted by atomic mass is 32.1. The van der Waals surface area contributed by atoms with Gasteiger partial charge in [0.1, 0.15) is 0 Å². The quantitative estimate of drug-likeness (QED) is 0.646. The van der Waals surface area contributed by atoms with Gasteiger partial charge in [-0.3, -0.25) is 9.59 Å². The summed E-state index contributed by atoms with van der Waals surface area (Å²) in [4.78, 5) is 30.0. The number of anilines is 2. The molecule has 2 aromatic rings. The molecule has 20 heavy (non-hydrogen) atoms. The first-order valence-electron chi connectivity index (χ1n) is 6.38. The first kappa shape index (κ1) is 13.1. The molecule has 2 N–H and O–H groups in total. The molecule has 0 spiro atoms. The van der Waals surface area contributed by atoms with Crippen LogP contribution >= 0.6 is 11.3 Å². The van der Waals surface area contributed by atoms with Crippen molar-refractivity contribution in [2.75, 3.05) is 10.6 Å². The number of thiazole rings is 1. The highest BCUT2D eigenvalue weighted by molar-refractivity contribution is 7.22. The lowest BCUT2D eigenvalue weighted by Gasteiger charge is -2.33. The van der Waals surface area contributed by atoms with Crippen molar-refractivity contribution in [2.24, 2.45) is 5.41 Å². The van der Waals surface area contributed by atoms with Gasteiger partial charge in [-0.1, -0.05) is 25.2 Å². The average molecular weight is 289 g/mol. The molecule has 0 bridgehead atoms. The number of nitrogen functional groups attached to an aromatic ring is 1. The maximum atomic E-state index is 12.2. The highest BCUT2D eigenvalue weighted by Crippen LogP contribution is 2.37. The normalized spacial score (nSPS) is 18.8. The molecule has 0 aliphatic carbocycles. The van der Waals surface area contributed by atoms with Crippen molar-refractivity contribution in [3.05, 3.63) is 18.2 Å². The molecule has 0 radical (unpaired) electrons.